The summed E-state index contributed by atoms with van der Waals surface area (Å²) in [5.41, 5.74) is 2.10. The summed E-state index contributed by atoms with van der Waals surface area (Å²) in [6.45, 7) is 1.10. The van der Waals surface area contributed by atoms with Gasteiger partial charge in [-0.25, -0.2) is 0 Å². The molecular formula is C19H22N2O3S. The van der Waals surface area contributed by atoms with Crippen LogP contribution in [0.5, 0.6) is 0 Å². The number of likely N-dealkylation sites (N-methyl/N-ethyl adjacent to an activating group) is 1. The normalized spacial score (nSPS) is 35.2. The molecule has 1 aromatic heterocycles. The molecule has 4 atom stereocenters. The van der Waals surface area contributed by atoms with Crippen LogP contribution in [0.4, 0.5) is 0 Å². The number of hydrogen-bond donors (Lipinski definition) is 1. The van der Waals surface area contributed by atoms with Gasteiger partial charge in [0.05, 0.1) is 24.5 Å². The van der Waals surface area contributed by atoms with E-state index in [1.54, 1.807) is 11.9 Å². The number of likely N-dealkylation sites (tertiary alicyclic amines) is 1. The molecule has 0 radical (unpaired) electrons. The molecule has 1 aromatic rings. The second-order valence-corrected chi connectivity index (χ2v) is 8.65. The highest BCUT2D eigenvalue weighted by atomic mass is 32.1. The van der Waals surface area contributed by atoms with Crippen molar-refractivity contribution in [2.24, 2.45) is 11.8 Å². The molecule has 2 bridgehead atoms. The first-order valence-electron chi connectivity index (χ1n) is 9.07. The Hall–Kier alpha value is -1.66. The molecule has 4 heterocycles. The Morgan fingerprint density at radius 1 is 1.44 bits per heavy atom. The van der Waals surface area contributed by atoms with Crippen LogP contribution in [0.1, 0.15) is 28.8 Å². The van der Waals surface area contributed by atoms with Gasteiger partial charge in [0.1, 0.15) is 5.60 Å². The lowest BCUT2D eigenvalue weighted by Crippen LogP contribution is -2.43. The van der Waals surface area contributed by atoms with Gasteiger partial charge in [0.2, 0.25) is 11.8 Å². The quantitative estimate of drug-likeness (QED) is 0.836. The number of carbonyl (C=O) groups excluding carboxylic acids is 2. The van der Waals surface area contributed by atoms with Crippen molar-refractivity contribution in [3.05, 3.63) is 33.5 Å². The minimum atomic E-state index is -0.583. The van der Waals surface area contributed by atoms with Crippen molar-refractivity contribution in [1.29, 1.82) is 0 Å². The van der Waals surface area contributed by atoms with Gasteiger partial charge in [-0.1, -0.05) is 12.2 Å². The SMILES string of the molecule is CN1CC23C=CC(O2)C(C(=O)NCc2csc4c2CCCC4)C3C1=O. The van der Waals surface area contributed by atoms with Crippen molar-refractivity contribution in [2.75, 3.05) is 13.6 Å². The summed E-state index contributed by atoms with van der Waals surface area (Å²) in [4.78, 5) is 28.6. The monoisotopic (exact) mass is 358 g/mol. The Morgan fingerprint density at radius 2 is 2.28 bits per heavy atom. The van der Waals surface area contributed by atoms with Crippen LogP contribution >= 0.6 is 11.3 Å². The smallest absolute Gasteiger partial charge is 0.229 e. The van der Waals surface area contributed by atoms with Crippen LogP contribution in [0.15, 0.2) is 17.5 Å². The first-order valence-corrected chi connectivity index (χ1v) is 9.95. The van der Waals surface area contributed by atoms with Gasteiger partial charge in [0.15, 0.2) is 0 Å². The second-order valence-electron chi connectivity index (χ2n) is 7.68. The molecule has 5 nitrogen and oxygen atoms in total. The van der Waals surface area contributed by atoms with E-state index >= 15 is 0 Å². The molecule has 2 saturated heterocycles. The fourth-order valence-electron chi connectivity index (χ4n) is 5.00. The Balaban J connectivity index is 1.33. The number of amides is 2. The summed E-state index contributed by atoms with van der Waals surface area (Å²) in [5.74, 6) is -0.804. The summed E-state index contributed by atoms with van der Waals surface area (Å²) < 4.78 is 6.05. The topological polar surface area (TPSA) is 58.6 Å². The Bertz CT molecular complexity index is 786. The summed E-state index contributed by atoms with van der Waals surface area (Å²) in [6.07, 6.45) is 8.48. The lowest BCUT2D eigenvalue weighted by molar-refractivity contribution is -0.136. The van der Waals surface area contributed by atoms with Crippen LogP contribution in [0.25, 0.3) is 0 Å². The van der Waals surface area contributed by atoms with E-state index in [9.17, 15) is 9.59 Å². The molecule has 4 aliphatic rings. The van der Waals surface area contributed by atoms with Crippen LogP contribution < -0.4 is 5.32 Å². The maximum Gasteiger partial charge on any atom is 0.229 e. The van der Waals surface area contributed by atoms with Gasteiger partial charge in [-0.3, -0.25) is 9.59 Å². The van der Waals surface area contributed by atoms with Crippen molar-refractivity contribution in [1.82, 2.24) is 10.2 Å². The maximum atomic E-state index is 12.9. The molecule has 1 spiro atoms. The zero-order chi connectivity index (χ0) is 17.2. The van der Waals surface area contributed by atoms with Gasteiger partial charge in [-0.2, -0.15) is 0 Å². The average molecular weight is 358 g/mol. The highest BCUT2D eigenvalue weighted by Crippen LogP contribution is 2.51. The van der Waals surface area contributed by atoms with Gasteiger partial charge < -0.3 is 15.0 Å². The summed E-state index contributed by atoms with van der Waals surface area (Å²) in [5, 5.41) is 5.27. The van der Waals surface area contributed by atoms with E-state index in [1.165, 1.54) is 35.3 Å². The van der Waals surface area contributed by atoms with Gasteiger partial charge in [0.25, 0.3) is 0 Å². The molecule has 2 fully saturated rings. The largest absolute Gasteiger partial charge is 0.360 e. The second kappa shape index (κ2) is 5.42. The van der Waals surface area contributed by atoms with Crippen molar-refractivity contribution in [2.45, 2.75) is 43.9 Å². The number of rotatable bonds is 3. The zero-order valence-electron chi connectivity index (χ0n) is 14.3. The Morgan fingerprint density at radius 3 is 3.16 bits per heavy atom. The molecule has 0 saturated carbocycles. The minimum Gasteiger partial charge on any atom is -0.360 e. The number of ether oxygens (including phenoxy) is 1. The number of thiophene rings is 1. The number of carbonyl (C=O) groups is 2. The number of nitrogens with zero attached hydrogens (tertiary/aromatic N) is 1. The third kappa shape index (κ3) is 2.16. The van der Waals surface area contributed by atoms with Crippen molar-refractivity contribution >= 4 is 23.2 Å². The first kappa shape index (κ1) is 15.6. The number of nitrogens with one attached hydrogen (secondary N) is 1. The third-order valence-corrected chi connectivity index (χ3v) is 7.33. The first-order chi connectivity index (χ1) is 12.1. The average Bonchev–Trinajstić information content (AvgIpc) is 3.33. The number of aryl methyl sites for hydroxylation is 1. The standard InChI is InChI=1S/C19H22N2O3S/c1-21-10-19-7-6-13(24-19)15(16(19)18(21)23)17(22)20-8-11-9-25-14-5-3-2-4-12(11)14/h6-7,9,13,15-16H,2-5,8,10H2,1H3,(H,20,22). The summed E-state index contributed by atoms with van der Waals surface area (Å²) in [6, 6.07) is 0. The van der Waals surface area contributed by atoms with Gasteiger partial charge in [-0.15, -0.1) is 11.3 Å². The zero-order valence-corrected chi connectivity index (χ0v) is 15.1. The summed E-state index contributed by atoms with van der Waals surface area (Å²) >= 11 is 1.82. The Labute approximate surface area is 151 Å². The predicted octanol–water partition coefficient (Wildman–Crippen LogP) is 1.65. The van der Waals surface area contributed by atoms with Crippen molar-refractivity contribution in [3.8, 4) is 0 Å². The van der Waals surface area contributed by atoms with Crippen molar-refractivity contribution in [3.63, 3.8) is 0 Å². The molecule has 6 heteroatoms. The fraction of sp³-hybridized carbons (Fsp3) is 0.579. The molecule has 1 aliphatic carbocycles. The predicted molar refractivity (Wildman–Crippen MR) is 94.2 cm³/mol. The van der Waals surface area contributed by atoms with Crippen LogP contribution in [-0.2, 0) is 33.7 Å². The molecule has 4 unspecified atom stereocenters. The van der Waals surface area contributed by atoms with E-state index in [0.29, 0.717) is 13.1 Å². The van der Waals surface area contributed by atoms with Crippen molar-refractivity contribution < 1.29 is 14.3 Å². The molecular weight excluding hydrogens is 336 g/mol. The number of fused-ring (bicyclic) bond motifs is 2. The lowest BCUT2D eigenvalue weighted by atomic mass is 9.77. The fourth-order valence-corrected chi connectivity index (χ4v) is 6.15. The van der Waals surface area contributed by atoms with E-state index in [-0.39, 0.29) is 23.8 Å². The van der Waals surface area contributed by atoms with Gasteiger partial charge in [0, 0.05) is 18.5 Å². The third-order valence-electron chi connectivity index (χ3n) is 6.19. The summed E-state index contributed by atoms with van der Waals surface area (Å²) in [7, 11) is 1.78. The Kier molecular flexibility index (Phi) is 3.38. The molecule has 5 rings (SSSR count). The van der Waals surface area contributed by atoms with Crippen LogP contribution in [0.3, 0.4) is 0 Å². The number of hydrogen-bond acceptors (Lipinski definition) is 4. The van der Waals surface area contributed by atoms with Crippen LogP contribution in [-0.4, -0.2) is 42.0 Å². The maximum absolute atomic E-state index is 12.9. The van der Waals surface area contributed by atoms with E-state index < -0.39 is 11.5 Å². The minimum absolute atomic E-state index is 0.0277. The lowest BCUT2D eigenvalue weighted by Gasteiger charge is -2.23. The molecule has 1 N–H and O–H groups in total. The van der Waals surface area contributed by atoms with E-state index in [0.717, 1.165) is 6.42 Å². The van der Waals surface area contributed by atoms with Gasteiger partial charge in [-0.05, 0) is 42.2 Å². The molecule has 25 heavy (non-hydrogen) atoms. The highest BCUT2D eigenvalue weighted by molar-refractivity contribution is 7.10. The van der Waals surface area contributed by atoms with E-state index in [2.05, 4.69) is 10.7 Å². The van der Waals surface area contributed by atoms with Gasteiger partial charge >= 0.3 is 0 Å². The molecule has 0 aromatic carbocycles. The molecule has 2 amide bonds. The van der Waals surface area contributed by atoms with E-state index in [4.69, 9.17) is 4.74 Å². The molecule has 3 aliphatic heterocycles. The van der Waals surface area contributed by atoms with Crippen LogP contribution in [0, 0.1) is 11.8 Å². The highest BCUT2D eigenvalue weighted by Gasteiger charge is 2.66. The van der Waals surface area contributed by atoms with Crippen LogP contribution in [0.2, 0.25) is 0 Å². The molecule has 132 valence electrons. The van der Waals surface area contributed by atoms with E-state index in [1.807, 2.05) is 23.5 Å².